The smallest absolute Gasteiger partial charge is 0.462 e. The Kier molecular flexibility index (Phi) is 59.7. The fourth-order valence-corrected chi connectivity index (χ4v) is 11.8. The van der Waals surface area contributed by atoms with Crippen molar-refractivity contribution in [1.82, 2.24) is 0 Å². The summed E-state index contributed by atoms with van der Waals surface area (Å²) in [6, 6.07) is 0. The van der Waals surface area contributed by atoms with Gasteiger partial charge in [0.1, 0.15) is 19.3 Å². The Labute approximate surface area is 548 Å². The van der Waals surface area contributed by atoms with E-state index in [0.29, 0.717) is 37.5 Å². The summed E-state index contributed by atoms with van der Waals surface area (Å²) >= 11 is 0. The Bertz CT molecular complexity index is 1860. The zero-order chi connectivity index (χ0) is 66.6. The quantitative estimate of drug-likeness (QED) is 0.0169. The van der Waals surface area contributed by atoms with E-state index in [1.807, 2.05) is 0 Å². The molecule has 0 amide bonds. The lowest BCUT2D eigenvalue weighted by atomic mass is 10.0. The zero-order valence-electron chi connectivity index (χ0n) is 58.1. The SMILES string of the molecule is CCCCCC/C=C\C=C/CCCCCCCC(=O)OC[C@H](COP(=O)(O)OCC(O)COP(=O)(O)OC[C@@H](COC(=O)CCCCCCCCCC(C)C)OC(=O)CCCCCCCCCCC(C)C)OC(=O)CCCCCCCCCCCCCC(C)C. The second kappa shape index (κ2) is 61.4. The third-order valence-corrected chi connectivity index (χ3v) is 17.7. The minimum Gasteiger partial charge on any atom is -0.462 e. The highest BCUT2D eigenvalue weighted by Crippen LogP contribution is 2.45. The lowest BCUT2D eigenvalue weighted by Gasteiger charge is -2.21. The van der Waals surface area contributed by atoms with Crippen LogP contribution >= 0.6 is 15.6 Å². The number of allylic oxidation sites excluding steroid dienone is 4. The maximum absolute atomic E-state index is 13.0. The Hall–Kier alpha value is -2.46. The number of aliphatic hydroxyl groups is 1. The van der Waals surface area contributed by atoms with Crippen molar-refractivity contribution in [3.8, 4) is 0 Å². The molecular formula is C71H134O17P2. The maximum atomic E-state index is 13.0. The van der Waals surface area contributed by atoms with Gasteiger partial charge in [0.25, 0.3) is 0 Å². The van der Waals surface area contributed by atoms with E-state index < -0.39 is 97.5 Å². The first-order valence-corrected chi connectivity index (χ1v) is 39.2. The Balaban J connectivity index is 5.29. The van der Waals surface area contributed by atoms with E-state index in [1.165, 1.54) is 116 Å². The second-order valence-corrected chi connectivity index (χ2v) is 29.3. The number of hydrogen-bond acceptors (Lipinski definition) is 15. The van der Waals surface area contributed by atoms with E-state index in [1.54, 1.807) is 0 Å². The average molecular weight is 1320 g/mol. The number of carbonyl (C=O) groups is 4. The summed E-state index contributed by atoms with van der Waals surface area (Å²) in [5.41, 5.74) is 0. The summed E-state index contributed by atoms with van der Waals surface area (Å²) in [7, 11) is -9.91. The molecule has 0 heterocycles. The van der Waals surface area contributed by atoms with Gasteiger partial charge >= 0.3 is 39.5 Å². The van der Waals surface area contributed by atoms with Crippen LogP contribution in [-0.4, -0.2) is 96.7 Å². The summed E-state index contributed by atoms with van der Waals surface area (Å²) in [4.78, 5) is 72.5. The average Bonchev–Trinajstić information content (AvgIpc) is 3.00. The van der Waals surface area contributed by atoms with Gasteiger partial charge < -0.3 is 33.8 Å². The van der Waals surface area contributed by atoms with Gasteiger partial charge in [-0.25, -0.2) is 9.13 Å². The molecule has 3 unspecified atom stereocenters. The molecule has 0 aromatic rings. The summed E-state index contributed by atoms with van der Waals surface area (Å²) in [5.74, 6) is 0.0247. The number of carbonyl (C=O) groups excluding carboxylic acids is 4. The summed E-state index contributed by atoms with van der Waals surface area (Å²) < 4.78 is 68.2. The van der Waals surface area contributed by atoms with Gasteiger partial charge in [-0.1, -0.05) is 278 Å². The van der Waals surface area contributed by atoms with Gasteiger partial charge in [0, 0.05) is 25.7 Å². The highest BCUT2D eigenvalue weighted by atomic mass is 31.2. The maximum Gasteiger partial charge on any atom is 0.472 e. The molecule has 0 aliphatic carbocycles. The number of ether oxygens (including phenoxy) is 4. The molecule has 0 saturated heterocycles. The minimum atomic E-state index is -4.96. The lowest BCUT2D eigenvalue weighted by Crippen LogP contribution is -2.30. The van der Waals surface area contributed by atoms with Crippen molar-refractivity contribution >= 4 is 39.5 Å². The molecule has 0 aliphatic heterocycles. The number of phosphoric acid groups is 2. The molecule has 0 bridgehead atoms. The Morgan fingerprint density at radius 2 is 0.600 bits per heavy atom. The molecule has 0 aliphatic rings. The van der Waals surface area contributed by atoms with Crippen molar-refractivity contribution in [2.45, 2.75) is 349 Å². The van der Waals surface area contributed by atoms with Crippen LogP contribution in [0.25, 0.3) is 0 Å². The molecular weight excluding hydrogens is 1190 g/mol. The molecule has 0 rings (SSSR count). The van der Waals surface area contributed by atoms with Gasteiger partial charge in [0.05, 0.1) is 26.4 Å². The summed E-state index contributed by atoms with van der Waals surface area (Å²) in [6.07, 6.45) is 48.1. The molecule has 3 N–H and O–H groups in total. The molecule has 0 saturated carbocycles. The van der Waals surface area contributed by atoms with Crippen LogP contribution in [0.4, 0.5) is 0 Å². The largest absolute Gasteiger partial charge is 0.472 e. The molecule has 530 valence electrons. The number of esters is 4. The first-order valence-electron chi connectivity index (χ1n) is 36.2. The van der Waals surface area contributed by atoms with E-state index in [0.717, 1.165) is 121 Å². The highest BCUT2D eigenvalue weighted by molar-refractivity contribution is 7.47. The van der Waals surface area contributed by atoms with E-state index in [4.69, 9.17) is 37.0 Å². The number of rotatable bonds is 67. The number of aliphatic hydroxyl groups excluding tert-OH is 1. The molecule has 0 aromatic heterocycles. The molecule has 90 heavy (non-hydrogen) atoms. The third kappa shape index (κ3) is 64.3. The summed E-state index contributed by atoms with van der Waals surface area (Å²) in [5, 5.41) is 10.6. The molecule has 0 fully saturated rings. The Morgan fingerprint density at radius 1 is 0.344 bits per heavy atom. The first-order chi connectivity index (χ1) is 43.2. The molecule has 19 heteroatoms. The highest BCUT2D eigenvalue weighted by Gasteiger charge is 2.30. The first kappa shape index (κ1) is 87.5. The number of phosphoric ester groups is 2. The monoisotopic (exact) mass is 1320 g/mol. The lowest BCUT2D eigenvalue weighted by molar-refractivity contribution is -0.161. The van der Waals surface area contributed by atoms with Crippen LogP contribution < -0.4 is 0 Å². The van der Waals surface area contributed by atoms with Crippen LogP contribution in [0.3, 0.4) is 0 Å². The topological polar surface area (TPSA) is 237 Å². The predicted molar refractivity (Wildman–Crippen MR) is 363 cm³/mol. The molecule has 0 spiro atoms. The molecule has 0 radical (unpaired) electrons. The standard InChI is InChI=1S/C71H134O17P2/c1-8-9-10-11-12-13-14-15-16-17-20-23-31-38-45-52-68(73)81-58-66(87-70(75)54-47-40-32-24-21-18-19-22-28-35-42-49-62(2)3)60-85-89(77,78)83-56-65(72)57-84-90(79,80)86-61-67(59-82-69(74)53-46-39-34-27-30-37-44-51-64(6)7)88-71(76)55-48-41-33-26-25-29-36-43-50-63(4)5/h13-16,62-67,72H,8-12,17-61H2,1-7H3,(H,77,78)(H,79,80)/b14-13-,16-15-/t65?,66-,67-/m1/s1. The van der Waals surface area contributed by atoms with E-state index in [-0.39, 0.29) is 25.7 Å². The summed E-state index contributed by atoms with van der Waals surface area (Å²) in [6.45, 7) is 11.7. The van der Waals surface area contributed by atoms with Crippen molar-refractivity contribution in [1.29, 1.82) is 0 Å². The van der Waals surface area contributed by atoms with Crippen LogP contribution in [0.5, 0.6) is 0 Å². The van der Waals surface area contributed by atoms with Crippen molar-refractivity contribution in [3.63, 3.8) is 0 Å². The van der Waals surface area contributed by atoms with Gasteiger partial charge in [-0.3, -0.25) is 37.3 Å². The number of unbranched alkanes of at least 4 members (excludes halogenated alkanes) is 32. The van der Waals surface area contributed by atoms with Crippen molar-refractivity contribution in [2.24, 2.45) is 17.8 Å². The molecule has 17 nitrogen and oxygen atoms in total. The predicted octanol–water partition coefficient (Wildman–Crippen LogP) is 19.8. The second-order valence-electron chi connectivity index (χ2n) is 26.4. The van der Waals surface area contributed by atoms with Gasteiger partial charge in [0.2, 0.25) is 0 Å². The minimum absolute atomic E-state index is 0.0990. The normalized spacial score (nSPS) is 14.4. The Morgan fingerprint density at radius 3 is 0.900 bits per heavy atom. The van der Waals surface area contributed by atoms with E-state index >= 15 is 0 Å². The van der Waals surface area contributed by atoms with Crippen LogP contribution in [0.1, 0.15) is 331 Å². The van der Waals surface area contributed by atoms with Gasteiger partial charge in [-0.05, 0) is 69.1 Å². The molecule has 0 aromatic carbocycles. The fourth-order valence-electron chi connectivity index (χ4n) is 10.2. The van der Waals surface area contributed by atoms with Crippen LogP contribution in [0, 0.1) is 17.8 Å². The van der Waals surface area contributed by atoms with E-state index in [9.17, 15) is 43.2 Å². The van der Waals surface area contributed by atoms with Gasteiger partial charge in [-0.2, -0.15) is 0 Å². The van der Waals surface area contributed by atoms with Crippen LogP contribution in [0.15, 0.2) is 24.3 Å². The van der Waals surface area contributed by atoms with Gasteiger partial charge in [0.15, 0.2) is 12.2 Å². The van der Waals surface area contributed by atoms with Crippen molar-refractivity contribution in [3.05, 3.63) is 24.3 Å². The van der Waals surface area contributed by atoms with Crippen LogP contribution in [-0.2, 0) is 65.4 Å². The van der Waals surface area contributed by atoms with Gasteiger partial charge in [-0.15, -0.1) is 0 Å². The van der Waals surface area contributed by atoms with Crippen molar-refractivity contribution < 1.29 is 80.2 Å². The fraction of sp³-hybridized carbons (Fsp3) is 0.887. The van der Waals surface area contributed by atoms with E-state index in [2.05, 4.69) is 72.8 Å². The molecule has 5 atom stereocenters. The third-order valence-electron chi connectivity index (χ3n) is 15.8. The zero-order valence-corrected chi connectivity index (χ0v) is 59.9. The van der Waals surface area contributed by atoms with Crippen molar-refractivity contribution in [2.75, 3.05) is 39.6 Å². The van der Waals surface area contributed by atoms with Crippen LogP contribution in [0.2, 0.25) is 0 Å². The number of hydrogen-bond donors (Lipinski definition) is 3.